The SMILES string of the molecule is CC1(C)c2ccccc2-c2ccc(-c3c(-c4ccc(-c5ccccc5)cc4)nc4sccn34)cc21. The average Bonchev–Trinajstić information content (AvgIpc) is 3.56. The number of nitrogens with zero attached hydrogens (tertiary/aromatic N) is 2. The van der Waals surface area contributed by atoms with Gasteiger partial charge in [0.05, 0.1) is 11.4 Å². The van der Waals surface area contributed by atoms with Crippen LogP contribution in [0.2, 0.25) is 0 Å². The van der Waals surface area contributed by atoms with Crippen molar-refractivity contribution in [1.82, 2.24) is 9.38 Å². The fourth-order valence-corrected chi connectivity index (χ4v) is 6.28. The van der Waals surface area contributed by atoms with Crippen LogP contribution in [-0.4, -0.2) is 9.38 Å². The molecule has 2 nitrogen and oxygen atoms in total. The van der Waals surface area contributed by atoms with Crippen LogP contribution in [0, 0.1) is 0 Å². The lowest BCUT2D eigenvalue weighted by molar-refractivity contribution is 0.660. The summed E-state index contributed by atoms with van der Waals surface area (Å²) >= 11 is 1.68. The molecule has 0 saturated heterocycles. The molecule has 2 heterocycles. The van der Waals surface area contributed by atoms with Crippen LogP contribution in [0.15, 0.2) is 109 Å². The van der Waals surface area contributed by atoms with Crippen LogP contribution in [0.3, 0.4) is 0 Å². The van der Waals surface area contributed by atoms with E-state index in [4.69, 9.17) is 4.98 Å². The Morgan fingerprint density at radius 2 is 1.31 bits per heavy atom. The lowest BCUT2D eigenvalue weighted by Crippen LogP contribution is -2.14. The maximum atomic E-state index is 5.07. The molecular weight excluding hydrogens is 444 g/mol. The molecule has 1 aliphatic carbocycles. The predicted molar refractivity (Wildman–Crippen MR) is 147 cm³/mol. The second kappa shape index (κ2) is 7.53. The fraction of sp³-hybridized carbons (Fsp3) is 0.0938. The molecule has 0 bridgehead atoms. The van der Waals surface area contributed by atoms with Crippen LogP contribution >= 0.6 is 11.3 Å². The second-order valence-electron chi connectivity index (χ2n) is 9.74. The maximum absolute atomic E-state index is 5.07. The molecule has 35 heavy (non-hydrogen) atoms. The van der Waals surface area contributed by atoms with Gasteiger partial charge in [0.25, 0.3) is 0 Å². The number of imidazole rings is 1. The van der Waals surface area contributed by atoms with Gasteiger partial charge in [-0.1, -0.05) is 105 Å². The molecule has 7 rings (SSSR count). The molecule has 0 saturated carbocycles. The normalized spacial score (nSPS) is 13.7. The number of benzene rings is 4. The third kappa shape index (κ3) is 3.05. The molecule has 0 amide bonds. The summed E-state index contributed by atoms with van der Waals surface area (Å²) in [6.07, 6.45) is 2.14. The molecule has 0 radical (unpaired) electrons. The standard InChI is InChI=1S/C32H24N2S/c1-32(2)27-11-7-6-10-25(27)26-17-16-24(20-28(26)32)30-29(33-31-34(30)18-19-35-31)23-14-12-22(13-15-23)21-8-4-3-5-9-21/h3-20H,1-2H3. The van der Waals surface area contributed by atoms with Gasteiger partial charge in [-0.3, -0.25) is 4.40 Å². The van der Waals surface area contributed by atoms with E-state index in [2.05, 4.69) is 127 Å². The van der Waals surface area contributed by atoms with E-state index in [1.807, 2.05) is 0 Å². The quantitative estimate of drug-likeness (QED) is 0.254. The van der Waals surface area contributed by atoms with Crippen molar-refractivity contribution < 1.29 is 0 Å². The van der Waals surface area contributed by atoms with Crippen LogP contribution in [0.25, 0.3) is 49.7 Å². The summed E-state index contributed by atoms with van der Waals surface area (Å²) in [5.74, 6) is 0. The number of aromatic nitrogens is 2. The van der Waals surface area contributed by atoms with Crippen LogP contribution in [-0.2, 0) is 5.41 Å². The second-order valence-corrected chi connectivity index (χ2v) is 10.6. The Bertz CT molecular complexity index is 1700. The maximum Gasteiger partial charge on any atom is 0.194 e. The minimum Gasteiger partial charge on any atom is -0.290 e. The molecule has 2 aromatic heterocycles. The van der Waals surface area contributed by atoms with Crippen LogP contribution in [0.1, 0.15) is 25.0 Å². The van der Waals surface area contributed by atoms with E-state index in [1.165, 1.54) is 38.9 Å². The summed E-state index contributed by atoms with van der Waals surface area (Å²) in [4.78, 5) is 6.09. The van der Waals surface area contributed by atoms with Crippen molar-refractivity contribution in [3.63, 3.8) is 0 Å². The smallest absolute Gasteiger partial charge is 0.194 e. The molecule has 6 aromatic rings. The molecular formula is C32H24N2S. The highest BCUT2D eigenvalue weighted by atomic mass is 32.1. The first-order chi connectivity index (χ1) is 17.1. The molecule has 0 aliphatic heterocycles. The molecule has 0 spiro atoms. The Morgan fingerprint density at radius 3 is 2.14 bits per heavy atom. The third-order valence-corrected chi connectivity index (χ3v) is 8.14. The van der Waals surface area contributed by atoms with Gasteiger partial charge in [0.15, 0.2) is 4.96 Å². The summed E-state index contributed by atoms with van der Waals surface area (Å²) < 4.78 is 2.24. The Hall–Kier alpha value is -3.95. The summed E-state index contributed by atoms with van der Waals surface area (Å²) in [7, 11) is 0. The Labute approximate surface area is 209 Å². The number of thiazole rings is 1. The van der Waals surface area contributed by atoms with Gasteiger partial charge in [0.2, 0.25) is 0 Å². The topological polar surface area (TPSA) is 17.3 Å². The van der Waals surface area contributed by atoms with Gasteiger partial charge >= 0.3 is 0 Å². The van der Waals surface area contributed by atoms with E-state index in [0.29, 0.717) is 0 Å². The predicted octanol–water partition coefficient (Wildman–Crippen LogP) is 8.70. The van der Waals surface area contributed by atoms with Gasteiger partial charge in [-0.05, 0) is 39.4 Å². The van der Waals surface area contributed by atoms with Crippen molar-refractivity contribution in [3.05, 3.63) is 120 Å². The number of rotatable bonds is 3. The van der Waals surface area contributed by atoms with Gasteiger partial charge in [-0.2, -0.15) is 0 Å². The van der Waals surface area contributed by atoms with E-state index in [9.17, 15) is 0 Å². The Morgan fingerprint density at radius 1 is 0.657 bits per heavy atom. The molecule has 1 aliphatic rings. The lowest BCUT2D eigenvalue weighted by atomic mass is 9.82. The largest absolute Gasteiger partial charge is 0.290 e. The first-order valence-electron chi connectivity index (χ1n) is 12.0. The molecule has 0 N–H and O–H groups in total. The summed E-state index contributed by atoms with van der Waals surface area (Å²) in [5, 5.41) is 2.11. The molecule has 0 atom stereocenters. The number of hydrogen-bond acceptors (Lipinski definition) is 2. The first-order valence-corrected chi connectivity index (χ1v) is 12.9. The third-order valence-electron chi connectivity index (χ3n) is 7.38. The van der Waals surface area contributed by atoms with E-state index in [-0.39, 0.29) is 5.41 Å². The lowest BCUT2D eigenvalue weighted by Gasteiger charge is -2.22. The van der Waals surface area contributed by atoms with Crippen molar-refractivity contribution in [2.24, 2.45) is 0 Å². The Kier molecular flexibility index (Phi) is 4.39. The van der Waals surface area contributed by atoms with Crippen LogP contribution in [0.5, 0.6) is 0 Å². The Balaban J connectivity index is 1.38. The monoisotopic (exact) mass is 468 g/mol. The zero-order chi connectivity index (χ0) is 23.6. The minimum atomic E-state index is -0.0299. The van der Waals surface area contributed by atoms with Crippen LogP contribution in [0.4, 0.5) is 0 Å². The van der Waals surface area contributed by atoms with Crippen molar-refractivity contribution in [2.45, 2.75) is 19.3 Å². The van der Waals surface area contributed by atoms with Crippen molar-refractivity contribution >= 4 is 16.3 Å². The summed E-state index contributed by atoms with van der Waals surface area (Å²) in [6, 6.07) is 35.1. The van der Waals surface area contributed by atoms with Gasteiger partial charge in [-0.25, -0.2) is 4.98 Å². The number of hydrogen-bond donors (Lipinski definition) is 0. The average molecular weight is 469 g/mol. The first kappa shape index (κ1) is 20.4. The fourth-order valence-electron chi connectivity index (χ4n) is 5.57. The van der Waals surface area contributed by atoms with E-state index in [0.717, 1.165) is 21.9 Å². The molecule has 4 aromatic carbocycles. The molecule has 3 heteroatoms. The van der Waals surface area contributed by atoms with Gasteiger partial charge in [0, 0.05) is 28.1 Å². The minimum absolute atomic E-state index is 0.0299. The zero-order valence-corrected chi connectivity index (χ0v) is 20.5. The highest BCUT2D eigenvalue weighted by molar-refractivity contribution is 7.15. The van der Waals surface area contributed by atoms with Gasteiger partial charge in [-0.15, -0.1) is 11.3 Å². The highest BCUT2D eigenvalue weighted by Crippen LogP contribution is 2.50. The molecule has 0 fully saturated rings. The van der Waals surface area contributed by atoms with E-state index in [1.54, 1.807) is 11.3 Å². The number of fused-ring (bicyclic) bond motifs is 4. The zero-order valence-electron chi connectivity index (χ0n) is 19.7. The summed E-state index contributed by atoms with van der Waals surface area (Å²) in [5.41, 5.74) is 12.4. The molecule has 168 valence electrons. The van der Waals surface area contributed by atoms with E-state index < -0.39 is 0 Å². The summed E-state index contributed by atoms with van der Waals surface area (Å²) in [6.45, 7) is 4.67. The molecule has 0 unspecified atom stereocenters. The van der Waals surface area contributed by atoms with Crippen LogP contribution < -0.4 is 0 Å². The van der Waals surface area contributed by atoms with Gasteiger partial charge in [0.1, 0.15) is 0 Å². The van der Waals surface area contributed by atoms with Crippen molar-refractivity contribution in [3.8, 4) is 44.8 Å². The van der Waals surface area contributed by atoms with Crippen molar-refractivity contribution in [2.75, 3.05) is 0 Å². The van der Waals surface area contributed by atoms with E-state index >= 15 is 0 Å². The van der Waals surface area contributed by atoms with Crippen molar-refractivity contribution in [1.29, 1.82) is 0 Å². The van der Waals surface area contributed by atoms with Gasteiger partial charge < -0.3 is 0 Å². The highest BCUT2D eigenvalue weighted by Gasteiger charge is 2.35.